The number of rotatable bonds is 4. The third-order valence-electron chi connectivity index (χ3n) is 3.64. The van der Waals surface area contributed by atoms with Gasteiger partial charge < -0.3 is 10.6 Å². The second-order valence-corrected chi connectivity index (χ2v) is 5.05. The Labute approximate surface area is 132 Å². The van der Waals surface area contributed by atoms with E-state index >= 15 is 0 Å². The minimum absolute atomic E-state index is 0. The summed E-state index contributed by atoms with van der Waals surface area (Å²) in [5.41, 5.74) is 6.66. The third-order valence-corrected chi connectivity index (χ3v) is 3.64. The van der Waals surface area contributed by atoms with Crippen molar-refractivity contribution >= 4 is 30.7 Å². The summed E-state index contributed by atoms with van der Waals surface area (Å²) in [5.74, 6) is 0.697. The van der Waals surface area contributed by atoms with Gasteiger partial charge in [-0.1, -0.05) is 6.07 Å². The molecule has 20 heavy (non-hydrogen) atoms. The molecule has 114 valence electrons. The minimum Gasteiger partial charge on any atom is -0.340 e. The molecule has 0 aliphatic carbocycles. The molecule has 2 rings (SSSR count). The molecular formula is C14H23Cl2N3O. The molecule has 6 heteroatoms. The zero-order valence-electron chi connectivity index (χ0n) is 11.7. The fourth-order valence-corrected chi connectivity index (χ4v) is 2.59. The number of aryl methyl sites for hydroxylation is 1. The molecule has 1 saturated heterocycles. The van der Waals surface area contributed by atoms with Gasteiger partial charge in [-0.15, -0.1) is 24.8 Å². The van der Waals surface area contributed by atoms with Gasteiger partial charge in [-0.25, -0.2) is 0 Å². The number of halogens is 2. The number of amides is 1. The van der Waals surface area contributed by atoms with Gasteiger partial charge in [0, 0.05) is 30.9 Å². The Balaban J connectivity index is 0.00000180. The van der Waals surface area contributed by atoms with E-state index in [4.69, 9.17) is 5.73 Å². The highest BCUT2D eigenvalue weighted by molar-refractivity contribution is 5.85. The first-order valence-corrected chi connectivity index (χ1v) is 6.60. The summed E-state index contributed by atoms with van der Waals surface area (Å²) in [6.45, 7) is 3.60. The predicted octanol–water partition coefficient (Wildman–Crippen LogP) is 2.05. The SMILES string of the molecule is CC1CC(CN)CN1C(=O)CCc1ccccn1.Cl.Cl. The topological polar surface area (TPSA) is 59.2 Å². The van der Waals surface area contributed by atoms with E-state index in [0.29, 0.717) is 24.9 Å². The van der Waals surface area contributed by atoms with Crippen LogP contribution < -0.4 is 5.73 Å². The van der Waals surface area contributed by atoms with Crippen LogP contribution in [0.2, 0.25) is 0 Å². The first-order chi connectivity index (χ1) is 8.70. The van der Waals surface area contributed by atoms with E-state index in [0.717, 1.165) is 25.1 Å². The second kappa shape index (κ2) is 9.16. The number of nitrogens with two attached hydrogens (primary N) is 1. The minimum atomic E-state index is 0. The Morgan fingerprint density at radius 1 is 1.45 bits per heavy atom. The Morgan fingerprint density at radius 3 is 2.75 bits per heavy atom. The number of hydrogen-bond acceptors (Lipinski definition) is 3. The van der Waals surface area contributed by atoms with Crippen LogP contribution in [0.3, 0.4) is 0 Å². The summed E-state index contributed by atoms with van der Waals surface area (Å²) >= 11 is 0. The van der Waals surface area contributed by atoms with Crippen molar-refractivity contribution in [3.8, 4) is 0 Å². The highest BCUT2D eigenvalue weighted by atomic mass is 35.5. The van der Waals surface area contributed by atoms with Gasteiger partial charge in [0.15, 0.2) is 0 Å². The van der Waals surface area contributed by atoms with Crippen LogP contribution in [0.4, 0.5) is 0 Å². The van der Waals surface area contributed by atoms with Gasteiger partial charge in [0.1, 0.15) is 0 Å². The van der Waals surface area contributed by atoms with Crippen molar-refractivity contribution in [3.63, 3.8) is 0 Å². The van der Waals surface area contributed by atoms with Crippen molar-refractivity contribution in [1.82, 2.24) is 9.88 Å². The predicted molar refractivity (Wildman–Crippen MR) is 85.4 cm³/mol. The lowest BCUT2D eigenvalue weighted by Gasteiger charge is -2.21. The monoisotopic (exact) mass is 319 g/mol. The Kier molecular flexibility index (Phi) is 8.78. The lowest BCUT2D eigenvalue weighted by Crippen LogP contribution is -2.34. The highest BCUT2D eigenvalue weighted by Crippen LogP contribution is 2.23. The zero-order chi connectivity index (χ0) is 13.0. The molecule has 0 aromatic carbocycles. The Morgan fingerprint density at radius 2 is 2.20 bits per heavy atom. The molecule has 2 heterocycles. The number of pyridine rings is 1. The van der Waals surface area contributed by atoms with Crippen LogP contribution in [0.5, 0.6) is 0 Å². The van der Waals surface area contributed by atoms with Crippen molar-refractivity contribution in [2.75, 3.05) is 13.1 Å². The lowest BCUT2D eigenvalue weighted by molar-refractivity contribution is -0.131. The molecule has 1 amide bonds. The summed E-state index contributed by atoms with van der Waals surface area (Å²) in [4.78, 5) is 18.4. The van der Waals surface area contributed by atoms with E-state index in [9.17, 15) is 4.79 Å². The molecule has 1 aliphatic heterocycles. The first kappa shape index (κ1) is 19.2. The fourth-order valence-electron chi connectivity index (χ4n) is 2.59. The van der Waals surface area contributed by atoms with E-state index in [1.165, 1.54) is 0 Å². The van der Waals surface area contributed by atoms with Gasteiger partial charge in [0.25, 0.3) is 0 Å². The second-order valence-electron chi connectivity index (χ2n) is 5.05. The molecule has 1 aromatic rings. The van der Waals surface area contributed by atoms with Gasteiger partial charge in [0.05, 0.1) is 0 Å². The number of likely N-dealkylation sites (tertiary alicyclic amines) is 1. The van der Waals surface area contributed by atoms with Gasteiger partial charge in [-0.3, -0.25) is 9.78 Å². The molecular weight excluding hydrogens is 297 g/mol. The van der Waals surface area contributed by atoms with Gasteiger partial charge in [-0.05, 0) is 44.4 Å². The normalized spacial score (nSPS) is 21.0. The van der Waals surface area contributed by atoms with Crippen molar-refractivity contribution in [1.29, 1.82) is 0 Å². The summed E-state index contributed by atoms with van der Waals surface area (Å²) < 4.78 is 0. The molecule has 2 unspecified atom stereocenters. The molecule has 4 nitrogen and oxygen atoms in total. The van der Waals surface area contributed by atoms with Gasteiger partial charge >= 0.3 is 0 Å². The average Bonchev–Trinajstić information content (AvgIpc) is 2.78. The van der Waals surface area contributed by atoms with Crippen LogP contribution in [0.1, 0.15) is 25.5 Å². The number of carbonyl (C=O) groups is 1. The zero-order valence-corrected chi connectivity index (χ0v) is 13.3. The van der Waals surface area contributed by atoms with Crippen molar-refractivity contribution in [3.05, 3.63) is 30.1 Å². The fraction of sp³-hybridized carbons (Fsp3) is 0.571. The van der Waals surface area contributed by atoms with Crippen molar-refractivity contribution < 1.29 is 4.79 Å². The summed E-state index contributed by atoms with van der Waals surface area (Å²) in [6, 6.07) is 6.13. The quantitative estimate of drug-likeness (QED) is 0.924. The van der Waals surface area contributed by atoms with Crippen LogP contribution in [-0.2, 0) is 11.2 Å². The van der Waals surface area contributed by atoms with E-state index in [-0.39, 0.29) is 30.7 Å². The van der Waals surface area contributed by atoms with Crippen LogP contribution in [0.15, 0.2) is 24.4 Å². The smallest absolute Gasteiger partial charge is 0.223 e. The number of hydrogen-bond donors (Lipinski definition) is 1. The summed E-state index contributed by atoms with van der Waals surface area (Å²) in [7, 11) is 0. The number of aromatic nitrogens is 1. The largest absolute Gasteiger partial charge is 0.340 e. The molecule has 0 radical (unpaired) electrons. The number of carbonyl (C=O) groups excluding carboxylic acids is 1. The Bertz CT molecular complexity index is 403. The van der Waals surface area contributed by atoms with Crippen molar-refractivity contribution in [2.24, 2.45) is 11.7 Å². The molecule has 2 N–H and O–H groups in total. The van der Waals surface area contributed by atoms with Crippen molar-refractivity contribution in [2.45, 2.75) is 32.2 Å². The van der Waals surface area contributed by atoms with E-state index in [1.54, 1.807) is 6.20 Å². The van der Waals surface area contributed by atoms with E-state index in [1.807, 2.05) is 23.1 Å². The first-order valence-electron chi connectivity index (χ1n) is 6.60. The van der Waals surface area contributed by atoms with Crippen LogP contribution in [0.25, 0.3) is 0 Å². The van der Waals surface area contributed by atoms with Crippen LogP contribution >= 0.6 is 24.8 Å². The highest BCUT2D eigenvalue weighted by Gasteiger charge is 2.30. The van der Waals surface area contributed by atoms with Gasteiger partial charge in [-0.2, -0.15) is 0 Å². The standard InChI is InChI=1S/C14H21N3O.2ClH/c1-11-8-12(9-15)10-17(11)14(18)6-5-13-4-2-3-7-16-13;;/h2-4,7,11-12H,5-6,8-10,15H2,1H3;2*1H. The van der Waals surface area contributed by atoms with Gasteiger partial charge in [0.2, 0.25) is 5.91 Å². The Hall–Kier alpha value is -0.840. The maximum Gasteiger partial charge on any atom is 0.223 e. The van der Waals surface area contributed by atoms with Crippen LogP contribution in [0, 0.1) is 5.92 Å². The molecule has 1 aliphatic rings. The maximum atomic E-state index is 12.1. The average molecular weight is 320 g/mol. The molecule has 2 atom stereocenters. The summed E-state index contributed by atoms with van der Waals surface area (Å²) in [6.07, 6.45) is 4.06. The lowest BCUT2D eigenvalue weighted by atomic mass is 10.1. The summed E-state index contributed by atoms with van der Waals surface area (Å²) in [5, 5.41) is 0. The molecule has 1 aromatic heterocycles. The molecule has 0 spiro atoms. The molecule has 1 fully saturated rings. The molecule has 0 saturated carbocycles. The maximum absolute atomic E-state index is 12.1. The van der Waals surface area contributed by atoms with E-state index in [2.05, 4.69) is 11.9 Å². The molecule has 0 bridgehead atoms. The number of nitrogens with zero attached hydrogens (tertiary/aromatic N) is 2. The van der Waals surface area contributed by atoms with E-state index < -0.39 is 0 Å². The van der Waals surface area contributed by atoms with Crippen LogP contribution in [-0.4, -0.2) is 34.9 Å². The third kappa shape index (κ3) is 4.93.